The Morgan fingerprint density at radius 3 is 2.63 bits per heavy atom. The molecule has 0 unspecified atom stereocenters. The number of nitrogens with one attached hydrogen (secondary N) is 1. The highest BCUT2D eigenvalue weighted by Gasteiger charge is 2.26. The number of primary amides is 1. The third kappa shape index (κ3) is 3.40. The number of carbonyl (C=O) groups is 1. The molecule has 0 heterocycles. The van der Waals surface area contributed by atoms with Crippen LogP contribution in [0.1, 0.15) is 49.4 Å². The van der Waals surface area contributed by atoms with Crippen LogP contribution < -0.4 is 16.8 Å². The fraction of sp³-hybridized carbons (Fsp3) is 0.533. The van der Waals surface area contributed by atoms with Crippen molar-refractivity contribution in [3.63, 3.8) is 0 Å². The average molecular weight is 261 g/mol. The Balaban J connectivity index is 2.10. The van der Waals surface area contributed by atoms with Gasteiger partial charge in [0.25, 0.3) is 5.91 Å². The monoisotopic (exact) mass is 261 g/mol. The lowest BCUT2D eigenvalue weighted by Crippen LogP contribution is -2.29. The van der Waals surface area contributed by atoms with Crippen LogP contribution in [0.25, 0.3) is 0 Å². The van der Waals surface area contributed by atoms with Gasteiger partial charge in [-0.25, -0.2) is 0 Å². The molecule has 0 aromatic heterocycles. The van der Waals surface area contributed by atoms with Gasteiger partial charge >= 0.3 is 0 Å². The van der Waals surface area contributed by atoms with E-state index in [0.29, 0.717) is 16.7 Å². The van der Waals surface area contributed by atoms with Crippen LogP contribution in [-0.2, 0) is 0 Å². The molecule has 0 aliphatic heterocycles. The quantitative estimate of drug-likeness (QED) is 0.729. The molecule has 2 rings (SSSR count). The number of hydrogen-bond donors (Lipinski definition) is 3. The summed E-state index contributed by atoms with van der Waals surface area (Å²) in [6, 6.07) is 5.17. The Hall–Kier alpha value is -1.71. The summed E-state index contributed by atoms with van der Waals surface area (Å²) >= 11 is 0. The summed E-state index contributed by atoms with van der Waals surface area (Å²) in [5.74, 6) is -0.420. The first-order chi connectivity index (χ1) is 9.00. The molecular formula is C15H23N3O. The van der Waals surface area contributed by atoms with Crippen molar-refractivity contribution in [1.82, 2.24) is 0 Å². The number of nitrogens with two attached hydrogens (primary N) is 2. The molecule has 0 atom stereocenters. The van der Waals surface area contributed by atoms with E-state index in [-0.39, 0.29) is 0 Å². The third-order valence-corrected chi connectivity index (χ3v) is 4.08. The van der Waals surface area contributed by atoms with E-state index in [1.165, 1.54) is 32.1 Å². The van der Waals surface area contributed by atoms with Crippen LogP contribution in [0, 0.1) is 5.41 Å². The zero-order valence-corrected chi connectivity index (χ0v) is 11.5. The largest absolute Gasteiger partial charge is 0.399 e. The van der Waals surface area contributed by atoms with Crippen LogP contribution in [-0.4, -0.2) is 12.5 Å². The van der Waals surface area contributed by atoms with Crippen molar-refractivity contribution in [1.29, 1.82) is 0 Å². The van der Waals surface area contributed by atoms with Crippen LogP contribution in [0.2, 0.25) is 0 Å². The third-order valence-electron chi connectivity index (χ3n) is 4.08. The first-order valence-electron chi connectivity index (χ1n) is 6.93. The summed E-state index contributed by atoms with van der Waals surface area (Å²) in [7, 11) is 0. The molecule has 1 fully saturated rings. The number of nitrogen functional groups attached to an aromatic ring is 1. The predicted octanol–water partition coefficient (Wildman–Crippen LogP) is 2.75. The number of anilines is 2. The summed E-state index contributed by atoms with van der Waals surface area (Å²) in [6.45, 7) is 3.16. The van der Waals surface area contributed by atoms with Gasteiger partial charge in [0.05, 0.1) is 5.56 Å². The highest BCUT2D eigenvalue weighted by molar-refractivity contribution is 5.99. The second kappa shape index (κ2) is 5.51. The normalized spacial score (nSPS) is 17.9. The average Bonchev–Trinajstić information content (AvgIpc) is 2.37. The van der Waals surface area contributed by atoms with Gasteiger partial charge in [0.15, 0.2) is 0 Å². The molecule has 0 radical (unpaired) electrons. The van der Waals surface area contributed by atoms with Gasteiger partial charge in [-0.3, -0.25) is 4.79 Å². The molecule has 0 bridgehead atoms. The zero-order valence-electron chi connectivity index (χ0n) is 11.5. The van der Waals surface area contributed by atoms with Crippen LogP contribution >= 0.6 is 0 Å². The van der Waals surface area contributed by atoms with E-state index in [4.69, 9.17) is 11.5 Å². The molecule has 5 N–H and O–H groups in total. The molecule has 1 aromatic carbocycles. The Morgan fingerprint density at radius 2 is 2.00 bits per heavy atom. The molecular weight excluding hydrogens is 238 g/mol. The maximum absolute atomic E-state index is 11.4. The number of amides is 1. The lowest BCUT2D eigenvalue weighted by atomic mass is 9.75. The summed E-state index contributed by atoms with van der Waals surface area (Å²) in [6.07, 6.45) is 6.37. The molecule has 19 heavy (non-hydrogen) atoms. The summed E-state index contributed by atoms with van der Waals surface area (Å²) in [5, 5.41) is 3.36. The van der Waals surface area contributed by atoms with E-state index in [1.807, 2.05) is 0 Å². The Morgan fingerprint density at radius 1 is 1.32 bits per heavy atom. The van der Waals surface area contributed by atoms with Crippen molar-refractivity contribution in [3.05, 3.63) is 23.8 Å². The van der Waals surface area contributed by atoms with E-state index < -0.39 is 5.91 Å². The highest BCUT2D eigenvalue weighted by atomic mass is 16.1. The summed E-state index contributed by atoms with van der Waals surface area (Å²) in [4.78, 5) is 11.4. The molecule has 1 aliphatic carbocycles. The van der Waals surface area contributed by atoms with Gasteiger partial charge in [-0.05, 0) is 36.5 Å². The lowest BCUT2D eigenvalue weighted by Gasteiger charge is -2.34. The minimum absolute atomic E-state index is 0.303. The second-order valence-electron chi connectivity index (χ2n) is 5.89. The minimum Gasteiger partial charge on any atom is -0.399 e. The SMILES string of the molecule is CC1(CNc2cc(N)ccc2C(N)=O)CCCCC1. The Labute approximate surface area is 114 Å². The van der Waals surface area contributed by atoms with Gasteiger partial charge in [0.2, 0.25) is 0 Å². The molecule has 1 amide bonds. The van der Waals surface area contributed by atoms with Crippen molar-refractivity contribution in [2.24, 2.45) is 11.1 Å². The van der Waals surface area contributed by atoms with Crippen molar-refractivity contribution in [2.45, 2.75) is 39.0 Å². The van der Waals surface area contributed by atoms with Gasteiger partial charge in [-0.15, -0.1) is 0 Å². The van der Waals surface area contributed by atoms with E-state index in [1.54, 1.807) is 18.2 Å². The van der Waals surface area contributed by atoms with Gasteiger partial charge in [0, 0.05) is 17.9 Å². The Kier molecular flexibility index (Phi) is 3.98. The first-order valence-corrected chi connectivity index (χ1v) is 6.93. The predicted molar refractivity (Wildman–Crippen MR) is 79.1 cm³/mol. The van der Waals surface area contributed by atoms with E-state index in [9.17, 15) is 4.79 Å². The van der Waals surface area contributed by atoms with Crippen LogP contribution in [0.15, 0.2) is 18.2 Å². The van der Waals surface area contributed by atoms with Gasteiger partial charge in [0.1, 0.15) is 0 Å². The topological polar surface area (TPSA) is 81.1 Å². The summed E-state index contributed by atoms with van der Waals surface area (Å²) in [5.41, 5.74) is 13.4. The standard InChI is InChI=1S/C15H23N3O/c1-15(7-3-2-4-8-15)10-18-13-9-11(16)5-6-12(13)14(17)19/h5-6,9,18H,2-4,7-8,10,16H2,1H3,(H2,17,19). The summed E-state index contributed by atoms with van der Waals surface area (Å²) < 4.78 is 0. The minimum atomic E-state index is -0.420. The number of benzene rings is 1. The van der Waals surface area contributed by atoms with Crippen LogP contribution in [0.4, 0.5) is 11.4 Å². The fourth-order valence-electron chi connectivity index (χ4n) is 2.81. The van der Waals surface area contributed by atoms with Crippen LogP contribution in [0.5, 0.6) is 0 Å². The van der Waals surface area contributed by atoms with E-state index in [2.05, 4.69) is 12.2 Å². The van der Waals surface area contributed by atoms with Crippen molar-refractivity contribution < 1.29 is 4.79 Å². The molecule has 0 saturated heterocycles. The fourth-order valence-corrected chi connectivity index (χ4v) is 2.81. The van der Waals surface area contributed by atoms with E-state index in [0.717, 1.165) is 12.2 Å². The van der Waals surface area contributed by atoms with E-state index >= 15 is 0 Å². The number of carbonyl (C=O) groups excluding carboxylic acids is 1. The van der Waals surface area contributed by atoms with Crippen molar-refractivity contribution in [3.8, 4) is 0 Å². The molecule has 1 aliphatic rings. The molecule has 1 saturated carbocycles. The number of rotatable bonds is 4. The maximum atomic E-state index is 11.4. The maximum Gasteiger partial charge on any atom is 0.250 e. The van der Waals surface area contributed by atoms with Crippen molar-refractivity contribution in [2.75, 3.05) is 17.6 Å². The lowest BCUT2D eigenvalue weighted by molar-refractivity contribution is 0.100. The first kappa shape index (κ1) is 13.7. The Bertz CT molecular complexity index is 464. The molecule has 4 heteroatoms. The van der Waals surface area contributed by atoms with Gasteiger partial charge < -0.3 is 16.8 Å². The van der Waals surface area contributed by atoms with Crippen molar-refractivity contribution >= 4 is 17.3 Å². The smallest absolute Gasteiger partial charge is 0.250 e. The van der Waals surface area contributed by atoms with Crippen LogP contribution in [0.3, 0.4) is 0 Å². The molecule has 104 valence electrons. The molecule has 0 spiro atoms. The molecule has 4 nitrogen and oxygen atoms in total. The zero-order chi connectivity index (χ0) is 13.9. The van der Waals surface area contributed by atoms with Gasteiger partial charge in [-0.1, -0.05) is 26.2 Å². The molecule has 1 aromatic rings. The highest BCUT2D eigenvalue weighted by Crippen LogP contribution is 2.36. The number of hydrogen-bond acceptors (Lipinski definition) is 3. The van der Waals surface area contributed by atoms with Gasteiger partial charge in [-0.2, -0.15) is 0 Å². The second-order valence-corrected chi connectivity index (χ2v) is 5.89.